The molecule has 0 aliphatic heterocycles. The number of hydrogen-bond acceptors (Lipinski definition) is 2. The first kappa shape index (κ1) is 21.5. The minimum atomic E-state index is -0.157. The van der Waals surface area contributed by atoms with Gasteiger partial charge in [0.25, 0.3) is 0 Å². The smallest absolute Gasteiger partial charge is 0.302 e. The van der Waals surface area contributed by atoms with Crippen molar-refractivity contribution in [3.63, 3.8) is 0 Å². The molecule has 0 N–H and O–H groups in total. The largest absolute Gasteiger partial charge is 0.466 e. The molecule has 0 bridgehead atoms. The van der Waals surface area contributed by atoms with Crippen molar-refractivity contribution in [3.8, 4) is 0 Å². The third-order valence-electron chi connectivity index (χ3n) is 4.52. The average Bonchev–Trinajstić information content (AvgIpc) is 2.42. The predicted octanol–water partition coefficient (Wildman–Crippen LogP) is 6.38. The molecule has 0 aliphatic rings. The summed E-state index contributed by atoms with van der Waals surface area (Å²) in [4.78, 5) is 10.6. The van der Waals surface area contributed by atoms with Crippen molar-refractivity contribution in [2.75, 3.05) is 6.61 Å². The number of esters is 1. The van der Waals surface area contributed by atoms with Gasteiger partial charge in [-0.25, -0.2) is 0 Å². The normalized spacial score (nSPS) is 14.1. The lowest BCUT2D eigenvalue weighted by Crippen LogP contribution is -2.02. The molecule has 0 saturated heterocycles. The highest BCUT2D eigenvalue weighted by atomic mass is 16.5. The predicted molar refractivity (Wildman–Crippen MR) is 96.0 cm³/mol. The summed E-state index contributed by atoms with van der Waals surface area (Å²) in [5, 5.41) is 0. The standard InChI is InChI=1S/C20H40O2/c1-17(2)11-9-13-19(4)15-10-14-18(3)12-7-6-8-16-22-20(5)21/h17-19H,6-16H2,1-5H3. The quantitative estimate of drug-likeness (QED) is 0.275. The summed E-state index contributed by atoms with van der Waals surface area (Å²) in [6.45, 7) is 11.5. The minimum Gasteiger partial charge on any atom is -0.466 e. The summed E-state index contributed by atoms with van der Waals surface area (Å²) in [5.41, 5.74) is 0. The molecule has 22 heavy (non-hydrogen) atoms. The highest BCUT2D eigenvalue weighted by molar-refractivity contribution is 5.65. The second-order valence-corrected chi connectivity index (χ2v) is 7.66. The van der Waals surface area contributed by atoms with Crippen LogP contribution in [0.25, 0.3) is 0 Å². The molecular formula is C20H40O2. The molecule has 2 heteroatoms. The molecule has 0 aromatic heterocycles. The molecule has 0 aromatic rings. The van der Waals surface area contributed by atoms with E-state index in [9.17, 15) is 4.79 Å². The zero-order valence-corrected chi connectivity index (χ0v) is 15.8. The SMILES string of the molecule is CC(=O)OCCCCCC(C)CCCC(C)CCCC(C)C. The Morgan fingerprint density at radius 3 is 1.73 bits per heavy atom. The van der Waals surface area contributed by atoms with Crippen LogP contribution >= 0.6 is 0 Å². The van der Waals surface area contributed by atoms with E-state index in [-0.39, 0.29) is 5.97 Å². The minimum absolute atomic E-state index is 0.157. The van der Waals surface area contributed by atoms with Crippen molar-refractivity contribution in [3.05, 3.63) is 0 Å². The van der Waals surface area contributed by atoms with Crippen LogP contribution in [0.1, 0.15) is 98.8 Å². The van der Waals surface area contributed by atoms with E-state index in [0.29, 0.717) is 6.61 Å². The van der Waals surface area contributed by atoms with Gasteiger partial charge in [-0.1, -0.05) is 85.5 Å². The van der Waals surface area contributed by atoms with Crippen LogP contribution in [0.5, 0.6) is 0 Å². The Balaban J connectivity index is 3.37. The van der Waals surface area contributed by atoms with E-state index in [4.69, 9.17) is 4.74 Å². The first-order valence-corrected chi connectivity index (χ1v) is 9.55. The fourth-order valence-corrected chi connectivity index (χ4v) is 2.97. The van der Waals surface area contributed by atoms with Crippen LogP contribution in [-0.4, -0.2) is 12.6 Å². The molecule has 2 nitrogen and oxygen atoms in total. The maximum Gasteiger partial charge on any atom is 0.302 e. The van der Waals surface area contributed by atoms with Crippen LogP contribution < -0.4 is 0 Å². The Labute approximate surface area is 139 Å². The number of carbonyl (C=O) groups excluding carboxylic acids is 1. The van der Waals surface area contributed by atoms with Gasteiger partial charge in [0.05, 0.1) is 6.61 Å². The summed E-state index contributed by atoms with van der Waals surface area (Å²) < 4.78 is 4.95. The van der Waals surface area contributed by atoms with Crippen molar-refractivity contribution < 1.29 is 9.53 Å². The molecule has 2 unspecified atom stereocenters. The molecule has 0 spiro atoms. The Morgan fingerprint density at radius 2 is 1.23 bits per heavy atom. The molecular weight excluding hydrogens is 272 g/mol. The van der Waals surface area contributed by atoms with Crippen LogP contribution in [0, 0.1) is 17.8 Å². The second kappa shape index (κ2) is 14.1. The second-order valence-electron chi connectivity index (χ2n) is 7.66. The van der Waals surface area contributed by atoms with Crippen molar-refractivity contribution in [1.82, 2.24) is 0 Å². The average molecular weight is 313 g/mol. The molecule has 0 fully saturated rings. The van der Waals surface area contributed by atoms with Crippen molar-refractivity contribution >= 4 is 5.97 Å². The highest BCUT2D eigenvalue weighted by Gasteiger charge is 2.06. The summed E-state index contributed by atoms with van der Waals surface area (Å²) in [7, 11) is 0. The number of carbonyl (C=O) groups is 1. The van der Waals surface area contributed by atoms with E-state index < -0.39 is 0 Å². The van der Waals surface area contributed by atoms with E-state index in [1.165, 1.54) is 64.7 Å². The number of unbranched alkanes of at least 4 members (excludes halogenated alkanes) is 2. The summed E-state index contributed by atoms with van der Waals surface area (Å²) in [6.07, 6.45) is 13.1. The molecule has 0 rings (SSSR count). The lowest BCUT2D eigenvalue weighted by molar-refractivity contribution is -0.141. The lowest BCUT2D eigenvalue weighted by Gasteiger charge is -2.15. The van der Waals surface area contributed by atoms with Crippen molar-refractivity contribution in [2.24, 2.45) is 17.8 Å². The molecule has 0 radical (unpaired) electrons. The van der Waals surface area contributed by atoms with Gasteiger partial charge >= 0.3 is 5.97 Å². The van der Waals surface area contributed by atoms with Gasteiger partial charge in [0.1, 0.15) is 0 Å². The molecule has 0 amide bonds. The molecule has 0 aliphatic carbocycles. The van der Waals surface area contributed by atoms with Gasteiger partial charge in [0.15, 0.2) is 0 Å². The van der Waals surface area contributed by atoms with E-state index in [1.54, 1.807) is 0 Å². The first-order valence-electron chi connectivity index (χ1n) is 9.55. The molecule has 0 saturated carbocycles. The van der Waals surface area contributed by atoms with E-state index in [0.717, 1.165) is 24.2 Å². The molecule has 0 heterocycles. The van der Waals surface area contributed by atoms with Crippen molar-refractivity contribution in [1.29, 1.82) is 0 Å². The van der Waals surface area contributed by atoms with Gasteiger partial charge in [-0.15, -0.1) is 0 Å². The lowest BCUT2D eigenvalue weighted by atomic mass is 9.92. The Hall–Kier alpha value is -0.530. The number of rotatable bonds is 14. The number of hydrogen-bond donors (Lipinski definition) is 0. The van der Waals surface area contributed by atoms with Crippen molar-refractivity contribution in [2.45, 2.75) is 98.8 Å². The van der Waals surface area contributed by atoms with Gasteiger partial charge < -0.3 is 4.74 Å². The Morgan fingerprint density at radius 1 is 0.727 bits per heavy atom. The topological polar surface area (TPSA) is 26.3 Å². The van der Waals surface area contributed by atoms with Gasteiger partial charge in [0, 0.05) is 6.92 Å². The molecule has 0 aromatic carbocycles. The van der Waals surface area contributed by atoms with Gasteiger partial charge in [-0.2, -0.15) is 0 Å². The Bertz CT molecular complexity index is 260. The van der Waals surface area contributed by atoms with Gasteiger partial charge in [0.2, 0.25) is 0 Å². The summed E-state index contributed by atoms with van der Waals surface area (Å²) >= 11 is 0. The highest BCUT2D eigenvalue weighted by Crippen LogP contribution is 2.21. The zero-order valence-electron chi connectivity index (χ0n) is 15.8. The third kappa shape index (κ3) is 15.9. The van der Waals surface area contributed by atoms with Crippen LogP contribution in [0.4, 0.5) is 0 Å². The number of ether oxygens (including phenoxy) is 1. The fraction of sp³-hybridized carbons (Fsp3) is 0.950. The Kier molecular flexibility index (Phi) is 13.7. The summed E-state index contributed by atoms with van der Waals surface area (Å²) in [5.74, 6) is 2.44. The third-order valence-corrected chi connectivity index (χ3v) is 4.52. The maximum atomic E-state index is 10.6. The van der Waals surface area contributed by atoms with E-state index >= 15 is 0 Å². The van der Waals surface area contributed by atoms with Gasteiger partial charge in [-0.3, -0.25) is 4.79 Å². The maximum absolute atomic E-state index is 10.6. The zero-order chi connectivity index (χ0) is 16.8. The first-order chi connectivity index (χ1) is 10.4. The van der Waals surface area contributed by atoms with Crippen LogP contribution in [0.2, 0.25) is 0 Å². The van der Waals surface area contributed by atoms with Crippen LogP contribution in [-0.2, 0) is 9.53 Å². The fourth-order valence-electron chi connectivity index (χ4n) is 2.97. The molecule has 132 valence electrons. The summed E-state index contributed by atoms with van der Waals surface area (Å²) in [6, 6.07) is 0. The van der Waals surface area contributed by atoms with Crippen LogP contribution in [0.3, 0.4) is 0 Å². The van der Waals surface area contributed by atoms with Crippen LogP contribution in [0.15, 0.2) is 0 Å². The van der Waals surface area contributed by atoms with Gasteiger partial charge in [-0.05, 0) is 24.2 Å². The van der Waals surface area contributed by atoms with E-state index in [1.807, 2.05) is 0 Å². The monoisotopic (exact) mass is 312 g/mol. The molecule has 2 atom stereocenters. The van der Waals surface area contributed by atoms with E-state index in [2.05, 4.69) is 27.7 Å².